The lowest BCUT2D eigenvalue weighted by Gasteiger charge is -2.12. The molecule has 1 amide bonds. The van der Waals surface area contributed by atoms with Crippen LogP contribution in [0.25, 0.3) is 0 Å². The number of rotatable bonds is 6. The highest BCUT2D eigenvalue weighted by Gasteiger charge is 2.18. The summed E-state index contributed by atoms with van der Waals surface area (Å²) in [5.41, 5.74) is 1.23. The van der Waals surface area contributed by atoms with Crippen LogP contribution in [0.15, 0.2) is 18.2 Å². The van der Waals surface area contributed by atoms with Crippen molar-refractivity contribution in [3.63, 3.8) is 0 Å². The Hall–Kier alpha value is -2.08. The molecule has 1 aromatic rings. The van der Waals surface area contributed by atoms with Gasteiger partial charge in [0.05, 0.1) is 13.2 Å². The summed E-state index contributed by atoms with van der Waals surface area (Å²) >= 11 is 0. The van der Waals surface area contributed by atoms with E-state index >= 15 is 0 Å². The summed E-state index contributed by atoms with van der Waals surface area (Å²) in [4.78, 5) is 23.7. The Kier molecular flexibility index (Phi) is 5.77. The maximum Gasteiger partial charge on any atom is 0.342 e. The summed E-state index contributed by atoms with van der Waals surface area (Å²) in [5, 5.41) is 2.70. The quantitative estimate of drug-likeness (QED) is 0.805. The third-order valence-corrected chi connectivity index (χ3v) is 3.46. The molecule has 0 aromatic heterocycles. The topological polar surface area (TPSA) is 73.9 Å². The molecule has 1 heterocycles. The molecule has 2 rings (SSSR count). The van der Waals surface area contributed by atoms with E-state index in [4.69, 9.17) is 14.2 Å². The Morgan fingerprint density at radius 3 is 2.91 bits per heavy atom. The summed E-state index contributed by atoms with van der Waals surface area (Å²) < 4.78 is 15.6. The number of hydrogen-bond donors (Lipinski definition) is 1. The molecule has 0 saturated carbocycles. The van der Waals surface area contributed by atoms with Crippen LogP contribution in [0.5, 0.6) is 5.75 Å². The Balaban J connectivity index is 1.81. The zero-order chi connectivity index (χ0) is 15.9. The number of methoxy groups -OCH3 is 1. The van der Waals surface area contributed by atoms with Gasteiger partial charge in [-0.3, -0.25) is 4.79 Å². The molecule has 6 nitrogen and oxygen atoms in total. The van der Waals surface area contributed by atoms with Crippen molar-refractivity contribution in [2.24, 2.45) is 0 Å². The number of esters is 1. The molecule has 1 fully saturated rings. The van der Waals surface area contributed by atoms with Crippen molar-refractivity contribution in [1.82, 2.24) is 5.32 Å². The lowest BCUT2D eigenvalue weighted by molar-refractivity contribution is -0.124. The third-order valence-electron chi connectivity index (χ3n) is 3.46. The number of carbonyl (C=O) groups is 2. The molecular weight excluding hydrogens is 286 g/mol. The molecule has 1 aliphatic rings. The largest absolute Gasteiger partial charge is 0.496 e. The fourth-order valence-corrected chi connectivity index (χ4v) is 2.27. The molecule has 6 heteroatoms. The summed E-state index contributed by atoms with van der Waals surface area (Å²) in [5.74, 6) is -0.487. The summed E-state index contributed by atoms with van der Waals surface area (Å²) in [6.07, 6.45) is 2.03. The predicted molar refractivity (Wildman–Crippen MR) is 80.0 cm³/mol. The van der Waals surface area contributed by atoms with Crippen LogP contribution in [0.1, 0.15) is 28.8 Å². The van der Waals surface area contributed by atoms with Crippen molar-refractivity contribution in [1.29, 1.82) is 0 Å². The average Bonchev–Trinajstić information content (AvgIpc) is 3.04. The minimum atomic E-state index is -0.576. The second kappa shape index (κ2) is 7.79. The van der Waals surface area contributed by atoms with Gasteiger partial charge in [-0.25, -0.2) is 4.79 Å². The average molecular weight is 307 g/mol. The zero-order valence-corrected chi connectivity index (χ0v) is 12.9. The fourth-order valence-electron chi connectivity index (χ4n) is 2.27. The Morgan fingerprint density at radius 2 is 2.23 bits per heavy atom. The number of amides is 1. The van der Waals surface area contributed by atoms with Gasteiger partial charge in [-0.05, 0) is 31.9 Å². The number of ether oxygens (including phenoxy) is 3. The molecule has 0 spiro atoms. The SMILES string of the molecule is COc1ccc(C)cc1C(=O)OCC(=O)NC[C@H]1CCCO1. The van der Waals surface area contributed by atoms with Crippen molar-refractivity contribution in [3.8, 4) is 5.75 Å². The van der Waals surface area contributed by atoms with E-state index in [1.54, 1.807) is 12.1 Å². The molecule has 1 atom stereocenters. The standard InChI is InChI=1S/C16H21NO5/c1-11-5-6-14(20-2)13(8-11)16(19)22-10-15(18)17-9-12-4-3-7-21-12/h5-6,8,12H,3-4,7,9-10H2,1-2H3,(H,17,18)/t12-/m1/s1. The first kappa shape index (κ1) is 16.3. The van der Waals surface area contributed by atoms with Crippen LogP contribution in [0.2, 0.25) is 0 Å². The van der Waals surface area contributed by atoms with Crippen LogP contribution in [-0.2, 0) is 14.3 Å². The van der Waals surface area contributed by atoms with Crippen LogP contribution >= 0.6 is 0 Å². The van der Waals surface area contributed by atoms with E-state index in [1.165, 1.54) is 7.11 Å². The number of nitrogens with one attached hydrogen (secondary N) is 1. The van der Waals surface area contributed by atoms with E-state index in [9.17, 15) is 9.59 Å². The molecule has 120 valence electrons. The molecule has 1 aliphatic heterocycles. The number of carbonyl (C=O) groups excluding carboxylic acids is 2. The first-order chi connectivity index (χ1) is 10.6. The maximum absolute atomic E-state index is 12.0. The van der Waals surface area contributed by atoms with Gasteiger partial charge in [-0.1, -0.05) is 11.6 Å². The van der Waals surface area contributed by atoms with Crippen molar-refractivity contribution >= 4 is 11.9 Å². The van der Waals surface area contributed by atoms with E-state index < -0.39 is 5.97 Å². The van der Waals surface area contributed by atoms with Crippen molar-refractivity contribution in [3.05, 3.63) is 29.3 Å². The molecule has 22 heavy (non-hydrogen) atoms. The van der Waals surface area contributed by atoms with Gasteiger partial charge in [0.1, 0.15) is 11.3 Å². The molecule has 0 bridgehead atoms. The lowest BCUT2D eigenvalue weighted by Crippen LogP contribution is -2.34. The Labute approximate surface area is 129 Å². The number of hydrogen-bond acceptors (Lipinski definition) is 5. The molecule has 0 aliphatic carbocycles. The van der Waals surface area contributed by atoms with E-state index in [2.05, 4.69) is 5.32 Å². The van der Waals surface area contributed by atoms with Gasteiger partial charge < -0.3 is 19.5 Å². The van der Waals surface area contributed by atoms with E-state index in [1.807, 2.05) is 13.0 Å². The highest BCUT2D eigenvalue weighted by atomic mass is 16.5. The lowest BCUT2D eigenvalue weighted by atomic mass is 10.1. The summed E-state index contributed by atoms with van der Waals surface area (Å²) in [6, 6.07) is 5.21. The van der Waals surface area contributed by atoms with Gasteiger partial charge in [0.15, 0.2) is 6.61 Å². The van der Waals surface area contributed by atoms with Crippen molar-refractivity contribution < 1.29 is 23.8 Å². The van der Waals surface area contributed by atoms with E-state index in [0.29, 0.717) is 17.9 Å². The molecule has 0 unspecified atom stereocenters. The van der Waals surface area contributed by atoms with E-state index in [0.717, 1.165) is 25.0 Å². The highest BCUT2D eigenvalue weighted by Crippen LogP contribution is 2.20. The Bertz CT molecular complexity index is 537. The number of benzene rings is 1. The highest BCUT2D eigenvalue weighted by molar-refractivity contribution is 5.94. The van der Waals surface area contributed by atoms with Gasteiger partial charge >= 0.3 is 5.97 Å². The molecule has 1 aromatic carbocycles. The van der Waals surface area contributed by atoms with Crippen LogP contribution < -0.4 is 10.1 Å². The van der Waals surface area contributed by atoms with Crippen molar-refractivity contribution in [2.45, 2.75) is 25.9 Å². The minimum absolute atomic E-state index is 0.0662. The van der Waals surface area contributed by atoms with E-state index in [-0.39, 0.29) is 18.6 Å². The van der Waals surface area contributed by atoms with Gasteiger partial charge in [0, 0.05) is 13.2 Å². The summed E-state index contributed by atoms with van der Waals surface area (Å²) in [7, 11) is 1.48. The first-order valence-electron chi connectivity index (χ1n) is 7.30. The van der Waals surface area contributed by atoms with Crippen LogP contribution in [0.4, 0.5) is 0 Å². The molecule has 1 N–H and O–H groups in total. The summed E-state index contributed by atoms with van der Waals surface area (Å²) in [6.45, 7) is 2.74. The van der Waals surface area contributed by atoms with Gasteiger partial charge in [0.2, 0.25) is 0 Å². The van der Waals surface area contributed by atoms with Crippen LogP contribution in [0.3, 0.4) is 0 Å². The molecular formula is C16H21NO5. The fraction of sp³-hybridized carbons (Fsp3) is 0.500. The third kappa shape index (κ3) is 4.46. The van der Waals surface area contributed by atoms with Gasteiger partial charge in [0.25, 0.3) is 5.91 Å². The zero-order valence-electron chi connectivity index (χ0n) is 12.9. The Morgan fingerprint density at radius 1 is 1.41 bits per heavy atom. The molecule has 0 radical (unpaired) electrons. The second-order valence-corrected chi connectivity index (χ2v) is 5.22. The number of aryl methyl sites for hydroxylation is 1. The van der Waals surface area contributed by atoms with Gasteiger partial charge in [-0.2, -0.15) is 0 Å². The molecule has 1 saturated heterocycles. The van der Waals surface area contributed by atoms with Crippen molar-refractivity contribution in [2.75, 3.05) is 26.9 Å². The van der Waals surface area contributed by atoms with Gasteiger partial charge in [-0.15, -0.1) is 0 Å². The predicted octanol–water partition coefficient (Wildman–Crippen LogP) is 1.46. The second-order valence-electron chi connectivity index (χ2n) is 5.22. The maximum atomic E-state index is 12.0. The first-order valence-corrected chi connectivity index (χ1v) is 7.30. The normalized spacial score (nSPS) is 17.1. The smallest absolute Gasteiger partial charge is 0.342 e. The van der Waals surface area contributed by atoms with Crippen LogP contribution in [-0.4, -0.2) is 44.8 Å². The van der Waals surface area contributed by atoms with Crippen LogP contribution in [0, 0.1) is 6.92 Å². The monoisotopic (exact) mass is 307 g/mol. The minimum Gasteiger partial charge on any atom is -0.496 e.